The number of methoxy groups -OCH3 is 1. The summed E-state index contributed by atoms with van der Waals surface area (Å²) in [4.78, 5) is 4.48. The zero-order chi connectivity index (χ0) is 11.5. The van der Waals surface area contributed by atoms with Crippen LogP contribution in [0.2, 0.25) is 0 Å². The van der Waals surface area contributed by atoms with Gasteiger partial charge in [-0.1, -0.05) is 12.1 Å². The fourth-order valence-corrected chi connectivity index (χ4v) is 1.84. The van der Waals surface area contributed by atoms with Crippen molar-refractivity contribution in [3.05, 3.63) is 30.1 Å². The molecule has 2 aromatic rings. The zero-order valence-electron chi connectivity index (χ0n) is 9.55. The van der Waals surface area contributed by atoms with Crippen LogP contribution in [-0.4, -0.2) is 34.5 Å². The van der Waals surface area contributed by atoms with Crippen molar-refractivity contribution < 1.29 is 9.84 Å². The van der Waals surface area contributed by atoms with Crippen LogP contribution >= 0.6 is 0 Å². The van der Waals surface area contributed by atoms with E-state index in [-0.39, 0.29) is 0 Å². The predicted molar refractivity (Wildman–Crippen MR) is 62.3 cm³/mol. The molecule has 0 saturated heterocycles. The molecule has 1 unspecified atom stereocenters. The number of nitrogens with zero attached hydrogens (tertiary/aromatic N) is 2. The lowest BCUT2D eigenvalue weighted by molar-refractivity contribution is 0.0634. The highest BCUT2D eigenvalue weighted by Crippen LogP contribution is 2.15. The molecule has 0 saturated carbocycles. The maximum absolute atomic E-state index is 9.67. The van der Waals surface area contributed by atoms with E-state index in [1.54, 1.807) is 7.11 Å². The SMILES string of the molecule is COCC(O)Cc1nc2ccccc2n1C. The standard InChI is InChI=1S/C12H16N2O2/c1-14-11-6-4-3-5-10(11)13-12(14)7-9(15)8-16-2/h3-6,9,15H,7-8H2,1-2H3. The van der Waals surface area contributed by atoms with Gasteiger partial charge in [-0.05, 0) is 12.1 Å². The number of benzene rings is 1. The number of imidazole rings is 1. The quantitative estimate of drug-likeness (QED) is 0.840. The number of hydrogen-bond acceptors (Lipinski definition) is 3. The van der Waals surface area contributed by atoms with Gasteiger partial charge in [0.05, 0.1) is 23.7 Å². The molecule has 2 rings (SSSR count). The molecule has 0 aliphatic rings. The molecule has 0 aliphatic carbocycles. The molecule has 0 aliphatic heterocycles. The minimum atomic E-state index is -0.500. The molecule has 1 heterocycles. The second-order valence-corrected chi connectivity index (χ2v) is 3.89. The molecule has 1 aromatic carbocycles. The summed E-state index contributed by atoms with van der Waals surface area (Å²) in [5.41, 5.74) is 2.05. The first-order valence-corrected chi connectivity index (χ1v) is 5.29. The van der Waals surface area contributed by atoms with Crippen molar-refractivity contribution in [2.24, 2.45) is 7.05 Å². The van der Waals surface area contributed by atoms with E-state index in [1.165, 1.54) is 0 Å². The van der Waals surface area contributed by atoms with Crippen molar-refractivity contribution in [3.63, 3.8) is 0 Å². The highest BCUT2D eigenvalue weighted by Gasteiger charge is 2.11. The van der Waals surface area contributed by atoms with E-state index in [1.807, 2.05) is 35.9 Å². The van der Waals surface area contributed by atoms with E-state index in [2.05, 4.69) is 4.98 Å². The number of rotatable bonds is 4. The van der Waals surface area contributed by atoms with Gasteiger partial charge in [0, 0.05) is 20.6 Å². The van der Waals surface area contributed by atoms with E-state index in [0.29, 0.717) is 13.0 Å². The van der Waals surface area contributed by atoms with Gasteiger partial charge in [-0.25, -0.2) is 4.98 Å². The summed E-state index contributed by atoms with van der Waals surface area (Å²) in [5.74, 6) is 0.880. The van der Waals surface area contributed by atoms with Crippen molar-refractivity contribution in [2.75, 3.05) is 13.7 Å². The monoisotopic (exact) mass is 220 g/mol. The molecule has 86 valence electrons. The summed E-state index contributed by atoms with van der Waals surface area (Å²) < 4.78 is 6.91. The number of hydrogen-bond donors (Lipinski definition) is 1. The van der Waals surface area contributed by atoms with Gasteiger partial charge in [0.2, 0.25) is 0 Å². The summed E-state index contributed by atoms with van der Waals surface area (Å²) in [6.07, 6.45) is 0.0134. The fraction of sp³-hybridized carbons (Fsp3) is 0.417. The second kappa shape index (κ2) is 4.63. The number of aliphatic hydroxyl groups is 1. The van der Waals surface area contributed by atoms with Gasteiger partial charge < -0.3 is 14.4 Å². The van der Waals surface area contributed by atoms with Crippen molar-refractivity contribution in [1.82, 2.24) is 9.55 Å². The van der Waals surface area contributed by atoms with Gasteiger partial charge in [-0.15, -0.1) is 0 Å². The molecule has 0 radical (unpaired) electrons. The van der Waals surface area contributed by atoms with Gasteiger partial charge in [-0.3, -0.25) is 0 Å². The van der Waals surface area contributed by atoms with Crippen LogP contribution in [0, 0.1) is 0 Å². The summed E-state index contributed by atoms with van der Waals surface area (Å²) in [7, 11) is 3.54. The molecule has 4 heteroatoms. The van der Waals surface area contributed by atoms with E-state index < -0.39 is 6.10 Å². The number of aryl methyl sites for hydroxylation is 1. The number of para-hydroxylation sites is 2. The Bertz CT molecular complexity index is 479. The Hall–Kier alpha value is -1.39. The van der Waals surface area contributed by atoms with Gasteiger partial charge in [0.1, 0.15) is 5.82 Å². The second-order valence-electron chi connectivity index (χ2n) is 3.89. The maximum Gasteiger partial charge on any atom is 0.112 e. The van der Waals surface area contributed by atoms with Crippen LogP contribution < -0.4 is 0 Å². The van der Waals surface area contributed by atoms with Crippen LogP contribution in [0.1, 0.15) is 5.82 Å². The van der Waals surface area contributed by atoms with Crippen molar-refractivity contribution in [2.45, 2.75) is 12.5 Å². The number of aromatic nitrogens is 2. The average molecular weight is 220 g/mol. The summed E-state index contributed by atoms with van der Waals surface area (Å²) in [6.45, 7) is 0.337. The molecule has 16 heavy (non-hydrogen) atoms. The Morgan fingerprint density at radius 3 is 2.88 bits per heavy atom. The molecule has 0 spiro atoms. The third-order valence-corrected chi connectivity index (χ3v) is 2.66. The van der Waals surface area contributed by atoms with E-state index in [4.69, 9.17) is 4.74 Å². The molecule has 0 amide bonds. The van der Waals surface area contributed by atoms with Crippen LogP contribution in [0.25, 0.3) is 11.0 Å². The maximum atomic E-state index is 9.67. The lowest BCUT2D eigenvalue weighted by Gasteiger charge is -2.08. The molecular weight excluding hydrogens is 204 g/mol. The molecule has 1 N–H and O–H groups in total. The van der Waals surface area contributed by atoms with Crippen molar-refractivity contribution in [3.8, 4) is 0 Å². The van der Waals surface area contributed by atoms with E-state index in [9.17, 15) is 5.11 Å². The lowest BCUT2D eigenvalue weighted by atomic mass is 10.2. The molecule has 1 aromatic heterocycles. The molecule has 0 fully saturated rings. The average Bonchev–Trinajstić information content (AvgIpc) is 2.57. The van der Waals surface area contributed by atoms with Gasteiger partial charge in [0.25, 0.3) is 0 Å². The molecule has 4 nitrogen and oxygen atoms in total. The highest BCUT2D eigenvalue weighted by atomic mass is 16.5. The first-order valence-electron chi connectivity index (χ1n) is 5.29. The zero-order valence-corrected chi connectivity index (χ0v) is 9.55. The first-order chi connectivity index (χ1) is 7.72. The van der Waals surface area contributed by atoms with Gasteiger partial charge in [0.15, 0.2) is 0 Å². The fourth-order valence-electron chi connectivity index (χ4n) is 1.84. The molecule has 1 atom stereocenters. The van der Waals surface area contributed by atoms with Crippen molar-refractivity contribution >= 4 is 11.0 Å². The smallest absolute Gasteiger partial charge is 0.112 e. The van der Waals surface area contributed by atoms with Gasteiger partial charge in [-0.2, -0.15) is 0 Å². The van der Waals surface area contributed by atoms with Gasteiger partial charge >= 0.3 is 0 Å². The minimum absolute atomic E-state index is 0.337. The van der Waals surface area contributed by atoms with Crippen LogP contribution in [0.3, 0.4) is 0 Å². The Kier molecular flexibility index (Phi) is 3.22. The summed E-state index contributed by atoms with van der Waals surface area (Å²) in [5, 5.41) is 9.67. The Morgan fingerprint density at radius 2 is 2.19 bits per heavy atom. The Balaban J connectivity index is 2.27. The van der Waals surface area contributed by atoms with Crippen LogP contribution in [0.5, 0.6) is 0 Å². The Morgan fingerprint density at radius 1 is 1.44 bits per heavy atom. The topological polar surface area (TPSA) is 47.3 Å². The number of ether oxygens (including phenoxy) is 1. The first kappa shape index (κ1) is 11.1. The molecular formula is C12H16N2O2. The lowest BCUT2D eigenvalue weighted by Crippen LogP contribution is -2.19. The number of aliphatic hydroxyl groups excluding tert-OH is 1. The molecule has 0 bridgehead atoms. The summed E-state index contributed by atoms with van der Waals surface area (Å²) >= 11 is 0. The summed E-state index contributed by atoms with van der Waals surface area (Å²) in [6, 6.07) is 7.94. The normalized spacial score (nSPS) is 13.2. The van der Waals surface area contributed by atoms with Crippen molar-refractivity contribution in [1.29, 1.82) is 0 Å². The van der Waals surface area contributed by atoms with E-state index >= 15 is 0 Å². The highest BCUT2D eigenvalue weighted by molar-refractivity contribution is 5.75. The van der Waals surface area contributed by atoms with Crippen LogP contribution in [0.4, 0.5) is 0 Å². The third-order valence-electron chi connectivity index (χ3n) is 2.66. The minimum Gasteiger partial charge on any atom is -0.390 e. The Labute approximate surface area is 94.5 Å². The van der Waals surface area contributed by atoms with E-state index in [0.717, 1.165) is 16.9 Å². The third kappa shape index (κ3) is 2.08. The predicted octanol–water partition coefficient (Wildman–Crippen LogP) is 1.12. The van der Waals surface area contributed by atoms with Crippen LogP contribution in [0.15, 0.2) is 24.3 Å². The largest absolute Gasteiger partial charge is 0.390 e. The number of fused-ring (bicyclic) bond motifs is 1. The van der Waals surface area contributed by atoms with Crippen LogP contribution in [-0.2, 0) is 18.2 Å².